The zero-order valence-corrected chi connectivity index (χ0v) is 12.3. The topological polar surface area (TPSA) is 16.6 Å². The predicted octanol–water partition coefficient (Wildman–Crippen LogP) is -3.29. The monoisotopic (exact) mass is 383 g/mol. The van der Waals surface area contributed by atoms with Crippen LogP contribution in [0, 0.1) is 0 Å². The molecule has 0 aromatic rings. The SMILES string of the molecule is CCC(CC)(CC)[NH2+]F.F[B-](F)(F)F.[Cl-].[I-]. The van der Waals surface area contributed by atoms with Gasteiger partial charge in [0.1, 0.15) is 5.54 Å². The van der Waals surface area contributed by atoms with Gasteiger partial charge in [-0.05, 0) is 4.48 Å². The minimum absolute atomic E-state index is 0. The summed E-state index contributed by atoms with van der Waals surface area (Å²) in [6, 6.07) is 0. The van der Waals surface area contributed by atoms with E-state index >= 15 is 0 Å². The summed E-state index contributed by atoms with van der Waals surface area (Å²) in [6.45, 7) is 6.09. The molecule has 0 saturated heterocycles. The Morgan fingerprint density at radius 3 is 1.12 bits per heavy atom. The van der Waals surface area contributed by atoms with Gasteiger partial charge in [-0.1, -0.05) is 20.8 Å². The molecule has 104 valence electrons. The van der Waals surface area contributed by atoms with Gasteiger partial charge in [0.25, 0.3) is 0 Å². The first-order chi connectivity index (χ1) is 6.24. The quantitative estimate of drug-likeness (QED) is 0.227. The Hall–Kier alpha value is 0.695. The zero-order valence-electron chi connectivity index (χ0n) is 9.42. The van der Waals surface area contributed by atoms with Gasteiger partial charge in [0, 0.05) is 19.3 Å². The maximum atomic E-state index is 12.2. The molecular weight excluding hydrogens is 366 g/mol. The van der Waals surface area contributed by atoms with E-state index in [1.807, 2.05) is 20.8 Å². The van der Waals surface area contributed by atoms with E-state index < -0.39 is 7.25 Å². The zero-order chi connectivity index (χ0) is 11.8. The van der Waals surface area contributed by atoms with Crippen LogP contribution in [-0.4, -0.2) is 12.8 Å². The smallest absolute Gasteiger partial charge is 0.673 e. The molecule has 0 aromatic heterocycles. The fourth-order valence-electron chi connectivity index (χ4n) is 0.981. The van der Waals surface area contributed by atoms with E-state index in [1.165, 1.54) is 0 Å². The first-order valence-electron chi connectivity index (χ1n) is 4.56. The summed E-state index contributed by atoms with van der Waals surface area (Å²) in [5.41, 5.74) is 0.729. The molecule has 2 N–H and O–H groups in total. The lowest BCUT2D eigenvalue weighted by atomic mass is 9.91. The van der Waals surface area contributed by atoms with Crippen LogP contribution in [0.2, 0.25) is 0 Å². The molecule has 0 aliphatic heterocycles. The number of hydrogen-bond donors (Lipinski definition) is 1. The fourth-order valence-corrected chi connectivity index (χ4v) is 0.981. The van der Waals surface area contributed by atoms with Gasteiger partial charge in [-0.3, -0.25) is 0 Å². The highest BCUT2D eigenvalue weighted by atomic mass is 127. The van der Waals surface area contributed by atoms with E-state index in [-0.39, 0.29) is 41.9 Å². The van der Waals surface area contributed by atoms with Gasteiger partial charge >= 0.3 is 7.25 Å². The summed E-state index contributed by atoms with van der Waals surface area (Å²) in [7, 11) is -6.00. The van der Waals surface area contributed by atoms with E-state index in [1.54, 1.807) is 0 Å². The molecule has 0 heterocycles. The van der Waals surface area contributed by atoms with Crippen LogP contribution in [0.15, 0.2) is 0 Å². The van der Waals surface area contributed by atoms with Crippen LogP contribution >= 0.6 is 0 Å². The van der Waals surface area contributed by atoms with Crippen molar-refractivity contribution in [2.75, 3.05) is 0 Å². The highest BCUT2D eigenvalue weighted by molar-refractivity contribution is 6.50. The van der Waals surface area contributed by atoms with Crippen molar-refractivity contribution in [3.8, 4) is 0 Å². The van der Waals surface area contributed by atoms with Gasteiger partial charge in [0.05, 0.1) is 0 Å². The highest BCUT2D eigenvalue weighted by Gasteiger charge is 2.27. The van der Waals surface area contributed by atoms with E-state index in [0.29, 0.717) is 0 Å². The van der Waals surface area contributed by atoms with E-state index in [4.69, 9.17) is 0 Å². The first-order valence-corrected chi connectivity index (χ1v) is 4.56. The molecule has 0 aromatic carbocycles. The molecular formula is C7H17BClF5IN-2. The van der Waals surface area contributed by atoms with Crippen molar-refractivity contribution in [2.45, 2.75) is 45.6 Å². The Kier molecular flexibility index (Phi) is 19.4. The molecule has 0 aliphatic rings. The van der Waals surface area contributed by atoms with Crippen LogP contribution < -0.4 is 41.9 Å². The van der Waals surface area contributed by atoms with Gasteiger partial charge in [-0.2, -0.15) is 0 Å². The highest BCUT2D eigenvalue weighted by Crippen LogP contribution is 2.13. The Labute approximate surface area is 116 Å². The van der Waals surface area contributed by atoms with Crippen LogP contribution in [0.1, 0.15) is 40.0 Å². The standard InChI is InChI=1S/C7H16FN.BF4.ClH.HI/c1-4-7(5-2,6-3)9-8;2-1(3,4)5;;/h9H,4-6H2,1-3H3;;2*1H/q;-1;;/p-1. The Morgan fingerprint density at radius 1 is 0.938 bits per heavy atom. The van der Waals surface area contributed by atoms with Crippen molar-refractivity contribution < 1.29 is 63.7 Å². The molecule has 0 unspecified atom stereocenters. The van der Waals surface area contributed by atoms with Gasteiger partial charge in [-0.15, -0.1) is 5.54 Å². The summed E-state index contributed by atoms with van der Waals surface area (Å²) in [5, 5.41) is 0. The van der Waals surface area contributed by atoms with E-state index in [2.05, 4.69) is 0 Å². The van der Waals surface area contributed by atoms with Crippen molar-refractivity contribution >= 4 is 7.25 Å². The molecule has 0 bridgehead atoms. The average molecular weight is 383 g/mol. The number of halogens is 7. The molecule has 0 radical (unpaired) electrons. The Morgan fingerprint density at radius 2 is 1.12 bits per heavy atom. The van der Waals surface area contributed by atoms with Gasteiger partial charge in [0.15, 0.2) is 0 Å². The maximum Gasteiger partial charge on any atom is 0.673 e. The summed E-state index contributed by atoms with van der Waals surface area (Å²) in [4.78, 5) is 0. The Balaban J connectivity index is -0.0000000904. The first kappa shape index (κ1) is 25.5. The second-order valence-corrected chi connectivity index (χ2v) is 3.03. The van der Waals surface area contributed by atoms with Crippen molar-refractivity contribution in [3.05, 3.63) is 0 Å². The number of quaternary nitrogens is 1. The molecule has 0 rings (SSSR count). The molecule has 16 heavy (non-hydrogen) atoms. The molecule has 9 heteroatoms. The molecule has 1 nitrogen and oxygen atoms in total. The minimum atomic E-state index is -6.00. The fraction of sp³-hybridized carbons (Fsp3) is 1.00. The second-order valence-electron chi connectivity index (χ2n) is 3.03. The third-order valence-electron chi connectivity index (χ3n) is 2.34. The molecule has 0 saturated carbocycles. The lowest BCUT2D eigenvalue weighted by Gasteiger charge is -2.21. The Bertz CT molecular complexity index is 122. The van der Waals surface area contributed by atoms with Crippen molar-refractivity contribution in [3.63, 3.8) is 0 Å². The molecule has 0 spiro atoms. The molecule has 0 aliphatic carbocycles. The number of rotatable bonds is 4. The third kappa shape index (κ3) is 17.1. The lowest BCUT2D eigenvalue weighted by molar-refractivity contribution is -0.881. The number of nitrogens with two attached hydrogens (primary N) is 1. The van der Waals surface area contributed by atoms with Crippen molar-refractivity contribution in [1.82, 2.24) is 0 Å². The average Bonchev–Trinajstić information content (AvgIpc) is 2.07. The largest absolute Gasteiger partial charge is 1.00 e. The third-order valence-corrected chi connectivity index (χ3v) is 2.34. The van der Waals surface area contributed by atoms with Crippen LogP contribution in [-0.2, 0) is 0 Å². The van der Waals surface area contributed by atoms with Crippen LogP contribution in [0.4, 0.5) is 21.7 Å². The lowest BCUT2D eigenvalue weighted by Crippen LogP contribution is -3.00. The van der Waals surface area contributed by atoms with Gasteiger partial charge in [0.2, 0.25) is 0 Å². The summed E-state index contributed by atoms with van der Waals surface area (Å²) in [5.74, 6) is 0. The van der Waals surface area contributed by atoms with E-state index in [9.17, 15) is 21.7 Å². The van der Waals surface area contributed by atoms with Gasteiger partial charge in [-0.25, -0.2) is 0 Å². The van der Waals surface area contributed by atoms with Crippen LogP contribution in [0.5, 0.6) is 0 Å². The summed E-state index contributed by atoms with van der Waals surface area (Å²) >= 11 is 0. The predicted molar refractivity (Wildman–Crippen MR) is 46.8 cm³/mol. The minimum Gasteiger partial charge on any atom is -1.00 e. The molecule has 0 atom stereocenters. The molecule has 0 amide bonds. The van der Waals surface area contributed by atoms with Crippen LogP contribution in [0.25, 0.3) is 0 Å². The van der Waals surface area contributed by atoms with Gasteiger partial charge < -0.3 is 53.6 Å². The van der Waals surface area contributed by atoms with E-state index in [0.717, 1.165) is 24.8 Å². The van der Waals surface area contributed by atoms with Crippen LogP contribution in [0.3, 0.4) is 0 Å². The molecule has 0 fully saturated rings. The normalized spacial score (nSPS) is 10.5. The maximum absolute atomic E-state index is 12.2. The second kappa shape index (κ2) is 12.2. The number of hydrogen-bond acceptors (Lipinski definition) is 0. The van der Waals surface area contributed by atoms with Crippen molar-refractivity contribution in [1.29, 1.82) is 0 Å². The van der Waals surface area contributed by atoms with Crippen molar-refractivity contribution in [2.24, 2.45) is 0 Å². The summed E-state index contributed by atoms with van der Waals surface area (Å²) < 4.78 is 51.2. The summed E-state index contributed by atoms with van der Waals surface area (Å²) in [6.07, 6.45) is 2.74.